The van der Waals surface area contributed by atoms with Crippen molar-refractivity contribution in [2.45, 2.75) is 13.0 Å². The molecule has 1 aromatic carbocycles. The molecular weight excluding hydrogens is 235 g/mol. The first-order valence-corrected chi connectivity index (χ1v) is 4.99. The summed E-state index contributed by atoms with van der Waals surface area (Å²) in [7, 11) is 1.43. The molecule has 0 fully saturated rings. The van der Waals surface area contributed by atoms with Crippen molar-refractivity contribution in [3.63, 3.8) is 0 Å². The van der Waals surface area contributed by atoms with E-state index in [9.17, 15) is 18.0 Å². The van der Waals surface area contributed by atoms with E-state index >= 15 is 0 Å². The standard InChI is InChI=1S/C11H12F3NO2/c1-3-17-11(16)10(15-2)6-4-7(12)9(14)8(13)5-6/h4-5,10,15H,3H2,1-2H3. The summed E-state index contributed by atoms with van der Waals surface area (Å²) < 4.78 is 43.4. The lowest BCUT2D eigenvalue weighted by atomic mass is 10.1. The van der Waals surface area contributed by atoms with Gasteiger partial charge in [-0.05, 0) is 31.7 Å². The number of rotatable bonds is 4. The van der Waals surface area contributed by atoms with Crippen molar-refractivity contribution in [3.05, 3.63) is 35.1 Å². The summed E-state index contributed by atoms with van der Waals surface area (Å²) in [6.07, 6.45) is 0. The predicted octanol–water partition coefficient (Wildman–Crippen LogP) is 1.93. The zero-order valence-electron chi connectivity index (χ0n) is 9.39. The summed E-state index contributed by atoms with van der Waals surface area (Å²) >= 11 is 0. The number of carbonyl (C=O) groups is 1. The maximum Gasteiger partial charge on any atom is 0.327 e. The average Bonchev–Trinajstić information content (AvgIpc) is 2.27. The summed E-state index contributed by atoms with van der Waals surface area (Å²) in [4.78, 5) is 11.5. The van der Waals surface area contributed by atoms with Crippen LogP contribution in [0.4, 0.5) is 13.2 Å². The van der Waals surface area contributed by atoms with Gasteiger partial charge in [0.05, 0.1) is 6.61 Å². The molecule has 0 spiro atoms. The molecule has 1 atom stereocenters. The van der Waals surface area contributed by atoms with Crippen LogP contribution in [0.2, 0.25) is 0 Å². The molecule has 0 saturated heterocycles. The molecule has 1 aromatic rings. The number of halogens is 3. The van der Waals surface area contributed by atoms with Crippen molar-refractivity contribution < 1.29 is 22.7 Å². The Labute approximate surface area is 96.6 Å². The van der Waals surface area contributed by atoms with E-state index in [1.807, 2.05) is 0 Å². The van der Waals surface area contributed by atoms with Crippen molar-refractivity contribution in [2.24, 2.45) is 0 Å². The minimum atomic E-state index is -1.56. The van der Waals surface area contributed by atoms with Crippen LogP contribution in [-0.2, 0) is 9.53 Å². The van der Waals surface area contributed by atoms with Gasteiger partial charge in [0.1, 0.15) is 6.04 Å². The Morgan fingerprint density at radius 3 is 2.29 bits per heavy atom. The number of likely N-dealkylation sites (N-methyl/N-ethyl adjacent to an activating group) is 1. The van der Waals surface area contributed by atoms with Crippen LogP contribution in [0.5, 0.6) is 0 Å². The highest BCUT2D eigenvalue weighted by atomic mass is 19.2. The zero-order valence-corrected chi connectivity index (χ0v) is 9.39. The van der Waals surface area contributed by atoms with E-state index in [2.05, 4.69) is 5.32 Å². The molecule has 1 rings (SSSR count). The fourth-order valence-corrected chi connectivity index (χ4v) is 1.39. The second kappa shape index (κ2) is 5.67. The molecular formula is C11H12F3NO2. The van der Waals surface area contributed by atoms with E-state index in [0.29, 0.717) is 0 Å². The Morgan fingerprint density at radius 2 is 1.88 bits per heavy atom. The molecule has 1 N–H and O–H groups in total. The van der Waals surface area contributed by atoms with Crippen molar-refractivity contribution in [2.75, 3.05) is 13.7 Å². The molecule has 17 heavy (non-hydrogen) atoms. The number of esters is 1. The predicted molar refractivity (Wildman–Crippen MR) is 54.7 cm³/mol. The fourth-order valence-electron chi connectivity index (χ4n) is 1.39. The van der Waals surface area contributed by atoms with Crippen molar-refractivity contribution in [3.8, 4) is 0 Å². The molecule has 1 unspecified atom stereocenters. The molecule has 0 amide bonds. The number of carbonyl (C=O) groups excluding carboxylic acids is 1. The van der Waals surface area contributed by atoms with Crippen LogP contribution in [0, 0.1) is 17.5 Å². The Balaban J connectivity index is 3.08. The van der Waals surface area contributed by atoms with Gasteiger partial charge < -0.3 is 10.1 Å². The van der Waals surface area contributed by atoms with Gasteiger partial charge >= 0.3 is 5.97 Å². The molecule has 94 valence electrons. The van der Waals surface area contributed by atoms with Crippen LogP contribution in [0.15, 0.2) is 12.1 Å². The van der Waals surface area contributed by atoms with Crippen LogP contribution in [0.1, 0.15) is 18.5 Å². The Morgan fingerprint density at radius 1 is 1.35 bits per heavy atom. The lowest BCUT2D eigenvalue weighted by Gasteiger charge is -2.15. The van der Waals surface area contributed by atoms with E-state index < -0.39 is 29.5 Å². The van der Waals surface area contributed by atoms with E-state index in [1.165, 1.54) is 7.05 Å². The molecule has 0 radical (unpaired) electrons. The Bertz CT molecular complexity index is 400. The first-order chi connectivity index (χ1) is 8.01. The van der Waals surface area contributed by atoms with Gasteiger partial charge in [-0.2, -0.15) is 0 Å². The molecule has 6 heteroatoms. The maximum absolute atomic E-state index is 13.0. The van der Waals surface area contributed by atoms with Gasteiger partial charge in [-0.1, -0.05) is 0 Å². The summed E-state index contributed by atoms with van der Waals surface area (Å²) in [6, 6.07) is 0.493. The normalized spacial score (nSPS) is 12.3. The zero-order chi connectivity index (χ0) is 13.0. The summed E-state index contributed by atoms with van der Waals surface area (Å²) in [6.45, 7) is 1.75. The molecule has 0 bridgehead atoms. The summed E-state index contributed by atoms with van der Waals surface area (Å²) in [5.41, 5.74) is -0.0256. The van der Waals surface area contributed by atoms with Gasteiger partial charge in [0.25, 0.3) is 0 Å². The smallest absolute Gasteiger partial charge is 0.327 e. The summed E-state index contributed by atoms with van der Waals surface area (Å²) in [5, 5.41) is 2.55. The van der Waals surface area contributed by atoms with Gasteiger partial charge in [-0.25, -0.2) is 18.0 Å². The van der Waals surface area contributed by atoms with Crippen LogP contribution >= 0.6 is 0 Å². The highest BCUT2D eigenvalue weighted by Gasteiger charge is 2.23. The van der Waals surface area contributed by atoms with Crippen molar-refractivity contribution >= 4 is 5.97 Å². The third-order valence-electron chi connectivity index (χ3n) is 2.15. The van der Waals surface area contributed by atoms with Crippen LogP contribution < -0.4 is 5.32 Å². The molecule has 0 aliphatic rings. The number of hydrogen-bond donors (Lipinski definition) is 1. The number of benzene rings is 1. The van der Waals surface area contributed by atoms with Crippen molar-refractivity contribution in [1.82, 2.24) is 5.32 Å². The van der Waals surface area contributed by atoms with Crippen LogP contribution in [0.25, 0.3) is 0 Å². The van der Waals surface area contributed by atoms with E-state index in [-0.39, 0.29) is 12.2 Å². The molecule has 0 aromatic heterocycles. The first kappa shape index (κ1) is 13.5. The van der Waals surface area contributed by atoms with E-state index in [0.717, 1.165) is 12.1 Å². The largest absolute Gasteiger partial charge is 0.465 e. The maximum atomic E-state index is 13.0. The van der Waals surface area contributed by atoms with Gasteiger partial charge in [-0.15, -0.1) is 0 Å². The lowest BCUT2D eigenvalue weighted by Crippen LogP contribution is -2.27. The third-order valence-corrected chi connectivity index (χ3v) is 2.15. The molecule has 0 saturated carbocycles. The van der Waals surface area contributed by atoms with Gasteiger partial charge in [0, 0.05) is 0 Å². The average molecular weight is 247 g/mol. The lowest BCUT2D eigenvalue weighted by molar-refractivity contribution is -0.145. The quantitative estimate of drug-likeness (QED) is 0.652. The Kier molecular flexibility index (Phi) is 4.51. The molecule has 0 aliphatic heterocycles. The third kappa shape index (κ3) is 2.97. The number of ether oxygens (including phenoxy) is 1. The second-order valence-electron chi connectivity index (χ2n) is 3.27. The number of hydrogen-bond acceptors (Lipinski definition) is 3. The monoisotopic (exact) mass is 247 g/mol. The summed E-state index contributed by atoms with van der Waals surface area (Å²) in [5.74, 6) is -4.93. The molecule has 0 heterocycles. The SMILES string of the molecule is CCOC(=O)C(NC)c1cc(F)c(F)c(F)c1. The van der Waals surface area contributed by atoms with Gasteiger partial charge in [0.15, 0.2) is 17.5 Å². The minimum Gasteiger partial charge on any atom is -0.465 e. The topological polar surface area (TPSA) is 38.3 Å². The molecule has 3 nitrogen and oxygen atoms in total. The molecule has 0 aliphatic carbocycles. The highest BCUT2D eigenvalue weighted by molar-refractivity contribution is 5.77. The first-order valence-electron chi connectivity index (χ1n) is 4.99. The van der Waals surface area contributed by atoms with Crippen molar-refractivity contribution in [1.29, 1.82) is 0 Å². The minimum absolute atomic E-state index is 0.0256. The fraction of sp³-hybridized carbons (Fsp3) is 0.364. The van der Waals surface area contributed by atoms with Gasteiger partial charge in [0.2, 0.25) is 0 Å². The Hall–Kier alpha value is -1.56. The number of nitrogens with one attached hydrogen (secondary N) is 1. The van der Waals surface area contributed by atoms with Crippen LogP contribution in [0.3, 0.4) is 0 Å². The second-order valence-corrected chi connectivity index (χ2v) is 3.27. The highest BCUT2D eigenvalue weighted by Crippen LogP contribution is 2.20. The van der Waals surface area contributed by atoms with E-state index in [4.69, 9.17) is 4.74 Å². The van der Waals surface area contributed by atoms with Crippen LogP contribution in [-0.4, -0.2) is 19.6 Å². The van der Waals surface area contributed by atoms with Gasteiger partial charge in [-0.3, -0.25) is 0 Å². The van der Waals surface area contributed by atoms with E-state index in [1.54, 1.807) is 6.92 Å².